The molecular formula is C26H36N4O3. The van der Waals surface area contributed by atoms with Crippen molar-refractivity contribution in [1.29, 1.82) is 0 Å². The van der Waals surface area contributed by atoms with Crippen molar-refractivity contribution in [2.24, 2.45) is 0 Å². The Hall–Kier alpha value is -2.83. The maximum atomic E-state index is 13.8. The van der Waals surface area contributed by atoms with E-state index in [0.717, 1.165) is 31.4 Å². The maximum absolute atomic E-state index is 13.8. The Morgan fingerprint density at radius 2 is 1.76 bits per heavy atom. The first-order valence-electron chi connectivity index (χ1n) is 12.0. The Kier molecular flexibility index (Phi) is 6.25. The van der Waals surface area contributed by atoms with Crippen LogP contribution in [0.15, 0.2) is 30.3 Å². The van der Waals surface area contributed by atoms with Crippen molar-refractivity contribution in [2.45, 2.75) is 89.8 Å². The number of carbonyl (C=O) groups excluding carboxylic acids is 2. The van der Waals surface area contributed by atoms with E-state index in [1.807, 2.05) is 37.3 Å². The number of fused-ring (bicyclic) bond motifs is 1. The molecule has 7 nitrogen and oxygen atoms in total. The van der Waals surface area contributed by atoms with Crippen LogP contribution in [0.4, 0.5) is 5.69 Å². The molecule has 0 saturated heterocycles. The van der Waals surface area contributed by atoms with E-state index in [4.69, 9.17) is 9.84 Å². The lowest BCUT2D eigenvalue weighted by Gasteiger charge is -2.43. The van der Waals surface area contributed by atoms with Gasteiger partial charge in [0.05, 0.1) is 19.3 Å². The largest absolute Gasteiger partial charge is 0.497 e. The molecule has 2 amide bonds. The van der Waals surface area contributed by atoms with Gasteiger partial charge in [0, 0.05) is 17.1 Å². The van der Waals surface area contributed by atoms with Gasteiger partial charge in [-0.3, -0.25) is 19.2 Å². The molecule has 1 aliphatic heterocycles. The van der Waals surface area contributed by atoms with E-state index in [0.29, 0.717) is 23.7 Å². The molecule has 1 aromatic carbocycles. The van der Waals surface area contributed by atoms with Gasteiger partial charge in [-0.2, -0.15) is 5.10 Å². The summed E-state index contributed by atoms with van der Waals surface area (Å²) in [5.41, 5.74) is 0.717. The molecule has 1 atom stereocenters. The van der Waals surface area contributed by atoms with Crippen molar-refractivity contribution in [3.8, 4) is 5.75 Å². The fourth-order valence-corrected chi connectivity index (χ4v) is 4.85. The summed E-state index contributed by atoms with van der Waals surface area (Å²) in [7, 11) is 1.61. The van der Waals surface area contributed by atoms with Gasteiger partial charge in [0.1, 0.15) is 17.0 Å². The van der Waals surface area contributed by atoms with Crippen LogP contribution in [0.3, 0.4) is 0 Å². The summed E-state index contributed by atoms with van der Waals surface area (Å²) in [4.78, 5) is 29.3. The Labute approximate surface area is 196 Å². The molecule has 33 heavy (non-hydrogen) atoms. The second-order valence-corrected chi connectivity index (χ2v) is 10.6. The van der Waals surface area contributed by atoms with Crippen LogP contribution in [0.1, 0.15) is 82.4 Å². The third kappa shape index (κ3) is 4.50. The van der Waals surface area contributed by atoms with Crippen molar-refractivity contribution in [2.75, 3.05) is 12.0 Å². The van der Waals surface area contributed by atoms with Crippen LogP contribution in [0.5, 0.6) is 5.75 Å². The second kappa shape index (κ2) is 8.84. The molecule has 2 aliphatic rings. The topological polar surface area (TPSA) is 76.5 Å². The average Bonchev–Trinajstić information content (AvgIpc) is 3.04. The number of nitrogens with one attached hydrogen (secondary N) is 1. The highest BCUT2D eigenvalue weighted by atomic mass is 16.5. The highest BCUT2D eigenvalue weighted by Crippen LogP contribution is 2.35. The van der Waals surface area contributed by atoms with Crippen LogP contribution in [0.2, 0.25) is 0 Å². The fourth-order valence-electron chi connectivity index (χ4n) is 4.85. The lowest BCUT2D eigenvalue weighted by atomic mass is 9.91. The van der Waals surface area contributed by atoms with Crippen molar-refractivity contribution in [3.05, 3.63) is 41.7 Å². The number of nitrogens with zero attached hydrogens (tertiary/aromatic N) is 3. The molecular weight excluding hydrogens is 416 g/mol. The lowest BCUT2D eigenvalue weighted by Crippen LogP contribution is -2.65. The van der Waals surface area contributed by atoms with E-state index in [1.165, 1.54) is 12.8 Å². The van der Waals surface area contributed by atoms with Crippen LogP contribution >= 0.6 is 0 Å². The van der Waals surface area contributed by atoms with Gasteiger partial charge in [-0.15, -0.1) is 0 Å². The molecule has 2 aromatic rings. The van der Waals surface area contributed by atoms with E-state index >= 15 is 0 Å². The minimum atomic E-state index is -1.11. The van der Waals surface area contributed by atoms with Gasteiger partial charge >= 0.3 is 0 Å². The Morgan fingerprint density at radius 3 is 2.33 bits per heavy atom. The Balaban J connectivity index is 1.74. The van der Waals surface area contributed by atoms with Crippen LogP contribution in [0, 0.1) is 0 Å². The smallest absolute Gasteiger partial charge is 0.277 e. The molecule has 7 heteroatoms. The molecule has 2 heterocycles. The number of benzene rings is 1. The zero-order chi connectivity index (χ0) is 23.8. The lowest BCUT2D eigenvalue weighted by molar-refractivity contribution is -0.127. The molecule has 178 valence electrons. The summed E-state index contributed by atoms with van der Waals surface area (Å²) >= 11 is 0. The van der Waals surface area contributed by atoms with Gasteiger partial charge in [0.25, 0.3) is 5.91 Å². The van der Waals surface area contributed by atoms with Crippen LogP contribution in [0.25, 0.3) is 0 Å². The third-order valence-corrected chi connectivity index (χ3v) is 6.93. The molecule has 1 aromatic heterocycles. The number of anilines is 1. The number of rotatable bonds is 4. The second-order valence-electron chi connectivity index (χ2n) is 10.6. The predicted molar refractivity (Wildman–Crippen MR) is 129 cm³/mol. The summed E-state index contributed by atoms with van der Waals surface area (Å²) in [6.07, 6.45) is 6.65. The number of aromatic nitrogens is 2. The Bertz CT molecular complexity index is 1010. The molecule has 4 rings (SSSR count). The highest BCUT2D eigenvalue weighted by Gasteiger charge is 2.49. The molecule has 1 aliphatic carbocycles. The Morgan fingerprint density at radius 1 is 1.12 bits per heavy atom. The van der Waals surface area contributed by atoms with Crippen molar-refractivity contribution in [3.63, 3.8) is 0 Å². The summed E-state index contributed by atoms with van der Waals surface area (Å²) in [5.74, 6) is 0.359. The number of hydrogen-bond donors (Lipinski definition) is 1. The molecule has 0 unspecified atom stereocenters. The molecule has 0 bridgehead atoms. The molecule has 0 radical (unpaired) electrons. The number of ether oxygens (including phenoxy) is 1. The molecule has 1 fully saturated rings. The molecule has 0 spiro atoms. The van der Waals surface area contributed by atoms with Gasteiger partial charge in [-0.1, -0.05) is 46.5 Å². The minimum Gasteiger partial charge on any atom is -0.497 e. The van der Waals surface area contributed by atoms with E-state index in [1.54, 1.807) is 16.7 Å². The zero-order valence-electron chi connectivity index (χ0n) is 20.5. The van der Waals surface area contributed by atoms with Gasteiger partial charge in [0.15, 0.2) is 0 Å². The van der Waals surface area contributed by atoms with Crippen molar-refractivity contribution < 1.29 is 14.3 Å². The summed E-state index contributed by atoms with van der Waals surface area (Å²) in [6, 6.07) is 9.32. The van der Waals surface area contributed by atoms with Crippen molar-refractivity contribution in [1.82, 2.24) is 15.1 Å². The van der Waals surface area contributed by atoms with Gasteiger partial charge in [-0.05, 0) is 50.1 Å². The van der Waals surface area contributed by atoms with Crippen LogP contribution in [-0.2, 0) is 16.8 Å². The minimum absolute atomic E-state index is 0.128. The van der Waals surface area contributed by atoms with E-state index in [-0.39, 0.29) is 23.3 Å². The first-order chi connectivity index (χ1) is 15.6. The number of hydrogen-bond acceptors (Lipinski definition) is 4. The first kappa shape index (κ1) is 23.3. The average molecular weight is 453 g/mol. The van der Waals surface area contributed by atoms with Crippen LogP contribution < -0.4 is 15.0 Å². The number of amides is 2. The van der Waals surface area contributed by atoms with Gasteiger partial charge in [0.2, 0.25) is 5.91 Å². The van der Waals surface area contributed by atoms with E-state index in [9.17, 15) is 9.59 Å². The first-order valence-corrected chi connectivity index (χ1v) is 12.0. The summed E-state index contributed by atoms with van der Waals surface area (Å²) in [6.45, 7) is 8.37. The summed E-state index contributed by atoms with van der Waals surface area (Å²) < 4.78 is 7.01. The fraction of sp³-hybridized carbons (Fsp3) is 0.577. The third-order valence-electron chi connectivity index (χ3n) is 6.93. The molecule has 1 saturated carbocycles. The maximum Gasteiger partial charge on any atom is 0.277 e. The highest BCUT2D eigenvalue weighted by molar-refractivity contribution is 6.11. The number of carbonyl (C=O) groups is 2. The monoisotopic (exact) mass is 452 g/mol. The van der Waals surface area contributed by atoms with E-state index < -0.39 is 5.54 Å². The predicted octanol–water partition coefficient (Wildman–Crippen LogP) is 4.45. The molecule has 1 N–H and O–H groups in total. The van der Waals surface area contributed by atoms with Crippen molar-refractivity contribution >= 4 is 17.5 Å². The normalized spacial score (nSPS) is 22.0. The van der Waals surface area contributed by atoms with Gasteiger partial charge < -0.3 is 10.1 Å². The standard InChI is InChI=1S/C26H36N4O3/c1-25(2,3)22-16-21-23(31)30(19-12-14-20(33-5)15-13-19)26(4,17-29(21)28-22)24(32)27-18-10-8-6-7-9-11-18/h12-16,18H,6-11,17H2,1-5H3,(H,27,32)/t26-/m0/s1. The van der Waals surface area contributed by atoms with Crippen LogP contribution in [-0.4, -0.2) is 40.3 Å². The number of methoxy groups -OCH3 is 1. The quantitative estimate of drug-likeness (QED) is 0.696. The SMILES string of the molecule is COc1ccc(N2C(=O)c3cc(C(C)(C)C)nn3C[C@@]2(C)C(=O)NC2CCCCCC2)cc1. The zero-order valence-corrected chi connectivity index (χ0v) is 20.5. The van der Waals surface area contributed by atoms with E-state index in [2.05, 4.69) is 26.1 Å². The van der Waals surface area contributed by atoms with Gasteiger partial charge in [-0.25, -0.2) is 0 Å². The summed E-state index contributed by atoms with van der Waals surface area (Å²) in [5, 5.41) is 8.02.